The highest BCUT2D eigenvalue weighted by atomic mass is 35.5. The Hall–Kier alpha value is -1.48. The summed E-state index contributed by atoms with van der Waals surface area (Å²) in [4.78, 5) is 10.7. The molecule has 2 aromatic rings. The van der Waals surface area contributed by atoms with E-state index in [1.54, 1.807) is 18.4 Å². The molecule has 0 bridgehead atoms. The van der Waals surface area contributed by atoms with E-state index in [2.05, 4.69) is 0 Å². The van der Waals surface area contributed by atoms with Crippen LogP contribution in [0.4, 0.5) is 0 Å². The van der Waals surface area contributed by atoms with Crippen LogP contribution in [0, 0.1) is 0 Å². The van der Waals surface area contributed by atoms with Gasteiger partial charge in [-0.05, 0) is 12.1 Å². The molecule has 0 atom stereocenters. The molecule has 0 unspecified atom stereocenters. The van der Waals surface area contributed by atoms with Crippen molar-refractivity contribution in [3.05, 3.63) is 30.0 Å². The molecule has 1 aromatic heterocycles. The van der Waals surface area contributed by atoms with Gasteiger partial charge >= 0.3 is 5.97 Å². The van der Waals surface area contributed by atoms with Crippen molar-refractivity contribution in [2.24, 2.45) is 0 Å². The Balaban J connectivity index is 2.44. The van der Waals surface area contributed by atoms with Crippen LogP contribution in [0.15, 0.2) is 28.9 Å². The number of esters is 1. The maximum absolute atomic E-state index is 10.7. The van der Waals surface area contributed by atoms with Gasteiger partial charge in [0.1, 0.15) is 11.3 Å². The van der Waals surface area contributed by atoms with E-state index in [9.17, 15) is 4.79 Å². The highest BCUT2D eigenvalue weighted by molar-refractivity contribution is 6.18. The zero-order valence-electron chi connectivity index (χ0n) is 8.12. The van der Waals surface area contributed by atoms with Crippen LogP contribution in [0.2, 0.25) is 0 Å². The number of hydrogen-bond donors (Lipinski definition) is 0. The number of benzene rings is 1. The number of fused-ring (bicyclic) bond motifs is 1. The Labute approximate surface area is 91.6 Å². The quantitative estimate of drug-likeness (QED) is 0.447. The molecule has 1 heterocycles. The van der Waals surface area contributed by atoms with Crippen molar-refractivity contribution in [1.82, 2.24) is 0 Å². The predicted molar refractivity (Wildman–Crippen MR) is 57.1 cm³/mol. The Morgan fingerprint density at radius 2 is 2.33 bits per heavy atom. The summed E-state index contributed by atoms with van der Waals surface area (Å²) in [6, 6.07) is 5.22. The molecule has 1 aromatic carbocycles. The van der Waals surface area contributed by atoms with E-state index in [-0.39, 0.29) is 5.97 Å². The molecule has 0 spiro atoms. The van der Waals surface area contributed by atoms with Crippen LogP contribution >= 0.6 is 11.6 Å². The van der Waals surface area contributed by atoms with E-state index in [0.717, 1.165) is 10.9 Å². The van der Waals surface area contributed by atoms with Gasteiger partial charge in [0.05, 0.1) is 12.1 Å². The maximum Gasteiger partial charge on any atom is 0.308 e. The maximum atomic E-state index is 10.7. The lowest BCUT2D eigenvalue weighted by Gasteiger charge is -1.99. The molecule has 0 aliphatic carbocycles. The lowest BCUT2D eigenvalue weighted by molar-refractivity contribution is -0.131. The van der Waals surface area contributed by atoms with Gasteiger partial charge in [-0.3, -0.25) is 4.79 Å². The first-order valence-electron chi connectivity index (χ1n) is 4.45. The number of rotatable bonds is 2. The summed E-state index contributed by atoms with van der Waals surface area (Å²) in [5.41, 5.74) is 1.60. The standard InChI is InChI=1S/C11H9ClO3/c1-7(13)15-9-2-3-10-8(5-12)6-14-11(10)4-9/h2-4,6H,5H2,1H3. The van der Waals surface area contributed by atoms with Crippen LogP contribution in [0.1, 0.15) is 12.5 Å². The summed E-state index contributed by atoms with van der Waals surface area (Å²) in [6.45, 7) is 1.36. The fourth-order valence-corrected chi connectivity index (χ4v) is 1.60. The Morgan fingerprint density at radius 3 is 3.00 bits per heavy atom. The Kier molecular flexibility index (Phi) is 2.64. The van der Waals surface area contributed by atoms with Crippen LogP contribution in [-0.4, -0.2) is 5.97 Å². The zero-order chi connectivity index (χ0) is 10.8. The zero-order valence-corrected chi connectivity index (χ0v) is 8.88. The van der Waals surface area contributed by atoms with Gasteiger partial charge < -0.3 is 9.15 Å². The molecule has 0 radical (unpaired) electrons. The van der Waals surface area contributed by atoms with Gasteiger partial charge in [-0.15, -0.1) is 11.6 Å². The third kappa shape index (κ3) is 1.97. The minimum Gasteiger partial charge on any atom is -0.464 e. The minimum atomic E-state index is -0.349. The first-order valence-corrected chi connectivity index (χ1v) is 4.98. The molecule has 4 heteroatoms. The van der Waals surface area contributed by atoms with Crippen LogP contribution in [0.3, 0.4) is 0 Å². The second kappa shape index (κ2) is 3.95. The predicted octanol–water partition coefficient (Wildman–Crippen LogP) is 3.10. The lowest BCUT2D eigenvalue weighted by atomic mass is 10.2. The molecule has 15 heavy (non-hydrogen) atoms. The van der Waals surface area contributed by atoms with Gasteiger partial charge in [-0.2, -0.15) is 0 Å². The van der Waals surface area contributed by atoms with Crippen molar-refractivity contribution in [3.8, 4) is 5.75 Å². The molecule has 3 nitrogen and oxygen atoms in total. The average Bonchev–Trinajstić information content (AvgIpc) is 2.58. The van der Waals surface area contributed by atoms with E-state index in [1.807, 2.05) is 6.07 Å². The third-order valence-electron chi connectivity index (χ3n) is 2.03. The molecule has 78 valence electrons. The average molecular weight is 225 g/mol. The van der Waals surface area contributed by atoms with E-state index in [0.29, 0.717) is 17.2 Å². The largest absolute Gasteiger partial charge is 0.464 e. The molecular weight excluding hydrogens is 216 g/mol. The van der Waals surface area contributed by atoms with Crippen LogP contribution in [-0.2, 0) is 10.7 Å². The second-order valence-electron chi connectivity index (χ2n) is 3.15. The first-order chi connectivity index (χ1) is 7.20. The monoisotopic (exact) mass is 224 g/mol. The smallest absolute Gasteiger partial charge is 0.308 e. The molecule has 0 amide bonds. The van der Waals surface area contributed by atoms with Crippen molar-refractivity contribution < 1.29 is 13.9 Å². The van der Waals surface area contributed by atoms with E-state index >= 15 is 0 Å². The van der Waals surface area contributed by atoms with Crippen molar-refractivity contribution >= 4 is 28.5 Å². The molecular formula is C11H9ClO3. The van der Waals surface area contributed by atoms with Crippen LogP contribution in [0.5, 0.6) is 5.75 Å². The first kappa shape index (κ1) is 10.1. The summed E-state index contributed by atoms with van der Waals surface area (Å²) in [7, 11) is 0. The fourth-order valence-electron chi connectivity index (χ4n) is 1.40. The highest BCUT2D eigenvalue weighted by Gasteiger charge is 2.06. The van der Waals surface area contributed by atoms with Crippen molar-refractivity contribution in [1.29, 1.82) is 0 Å². The lowest BCUT2D eigenvalue weighted by Crippen LogP contribution is -2.00. The third-order valence-corrected chi connectivity index (χ3v) is 2.32. The topological polar surface area (TPSA) is 39.4 Å². The highest BCUT2D eigenvalue weighted by Crippen LogP contribution is 2.26. The van der Waals surface area contributed by atoms with Gasteiger partial charge in [-0.25, -0.2) is 0 Å². The van der Waals surface area contributed by atoms with Crippen LogP contribution < -0.4 is 4.74 Å². The van der Waals surface area contributed by atoms with Gasteiger partial charge in [0.25, 0.3) is 0 Å². The minimum absolute atomic E-state index is 0.349. The van der Waals surface area contributed by atoms with E-state index in [4.69, 9.17) is 20.8 Å². The molecule has 0 aliphatic heterocycles. The number of carbonyl (C=O) groups excluding carboxylic acids is 1. The van der Waals surface area contributed by atoms with Crippen molar-refractivity contribution in [2.45, 2.75) is 12.8 Å². The Morgan fingerprint density at radius 1 is 1.53 bits per heavy atom. The van der Waals surface area contributed by atoms with Crippen molar-refractivity contribution in [2.75, 3.05) is 0 Å². The van der Waals surface area contributed by atoms with E-state index in [1.165, 1.54) is 6.92 Å². The molecule has 0 aliphatic rings. The molecule has 0 fully saturated rings. The fraction of sp³-hybridized carbons (Fsp3) is 0.182. The Bertz CT molecular complexity index is 502. The molecule has 0 N–H and O–H groups in total. The summed E-state index contributed by atoms with van der Waals surface area (Å²) in [5.74, 6) is 0.531. The second-order valence-corrected chi connectivity index (χ2v) is 3.41. The van der Waals surface area contributed by atoms with E-state index < -0.39 is 0 Å². The number of alkyl halides is 1. The van der Waals surface area contributed by atoms with Gasteiger partial charge in [-0.1, -0.05) is 0 Å². The molecule has 0 saturated heterocycles. The van der Waals surface area contributed by atoms with Gasteiger partial charge in [0.2, 0.25) is 0 Å². The number of carbonyl (C=O) groups is 1. The number of hydrogen-bond acceptors (Lipinski definition) is 3. The SMILES string of the molecule is CC(=O)Oc1ccc2c(CCl)coc2c1. The normalized spacial score (nSPS) is 10.5. The summed E-state index contributed by atoms with van der Waals surface area (Å²) in [6.07, 6.45) is 1.61. The number of ether oxygens (including phenoxy) is 1. The summed E-state index contributed by atoms with van der Waals surface area (Å²) in [5, 5.41) is 0.945. The summed E-state index contributed by atoms with van der Waals surface area (Å²) >= 11 is 5.73. The van der Waals surface area contributed by atoms with Crippen molar-refractivity contribution in [3.63, 3.8) is 0 Å². The molecule has 2 rings (SSSR count). The molecule has 0 saturated carbocycles. The number of furan rings is 1. The van der Waals surface area contributed by atoms with Crippen LogP contribution in [0.25, 0.3) is 11.0 Å². The van der Waals surface area contributed by atoms with Gasteiger partial charge in [0.15, 0.2) is 0 Å². The van der Waals surface area contributed by atoms with Gasteiger partial charge in [0, 0.05) is 23.9 Å². The summed E-state index contributed by atoms with van der Waals surface area (Å²) < 4.78 is 10.2. The number of halogens is 1.